The zero-order chi connectivity index (χ0) is 19.9. The van der Waals surface area contributed by atoms with Crippen molar-refractivity contribution >= 4 is 17.7 Å². The van der Waals surface area contributed by atoms with Crippen molar-refractivity contribution in [1.82, 2.24) is 14.5 Å². The maximum Gasteiger partial charge on any atom is 0.240 e. The molecule has 2 aromatic carbocycles. The van der Waals surface area contributed by atoms with E-state index in [-0.39, 0.29) is 11.2 Å². The van der Waals surface area contributed by atoms with Crippen molar-refractivity contribution in [3.8, 4) is 11.4 Å². The molecule has 0 saturated carbocycles. The fourth-order valence-electron chi connectivity index (χ4n) is 3.01. The zero-order valence-electron chi connectivity index (χ0n) is 16.4. The van der Waals surface area contributed by atoms with Gasteiger partial charge in [-0.05, 0) is 43.7 Å². The van der Waals surface area contributed by atoms with Gasteiger partial charge in [0.15, 0.2) is 5.16 Å². The number of rotatable bonds is 8. The van der Waals surface area contributed by atoms with Gasteiger partial charge in [-0.3, -0.25) is 9.36 Å². The van der Waals surface area contributed by atoms with Crippen LogP contribution in [-0.4, -0.2) is 40.6 Å². The second-order valence-electron chi connectivity index (χ2n) is 6.20. The van der Waals surface area contributed by atoms with Crippen LogP contribution in [0, 0.1) is 0 Å². The minimum Gasteiger partial charge on any atom is -0.497 e. The molecule has 0 fully saturated rings. The van der Waals surface area contributed by atoms with E-state index in [1.54, 1.807) is 13.3 Å². The van der Waals surface area contributed by atoms with Gasteiger partial charge in [0.05, 0.1) is 7.11 Å². The summed E-state index contributed by atoms with van der Waals surface area (Å²) in [5.74, 6) is 0.905. The Morgan fingerprint density at radius 2 is 1.79 bits per heavy atom. The van der Waals surface area contributed by atoms with Gasteiger partial charge in [0, 0.05) is 31.2 Å². The summed E-state index contributed by atoms with van der Waals surface area (Å²) in [6, 6.07) is 17.7. The fraction of sp³-hybridized carbons (Fsp3) is 0.273. The first-order chi connectivity index (χ1) is 13.7. The molecule has 0 radical (unpaired) electrons. The predicted octanol–water partition coefficient (Wildman–Crippen LogP) is 4.58. The minimum atomic E-state index is -0.347. The molecule has 1 aromatic heterocycles. The molecule has 28 heavy (non-hydrogen) atoms. The number of thioether (sulfide) groups is 1. The van der Waals surface area contributed by atoms with Crippen LogP contribution in [-0.2, 0) is 4.79 Å². The summed E-state index contributed by atoms with van der Waals surface area (Å²) in [6.45, 7) is 5.39. The van der Waals surface area contributed by atoms with Crippen molar-refractivity contribution in [3.63, 3.8) is 0 Å². The van der Waals surface area contributed by atoms with Crippen molar-refractivity contribution in [2.75, 3.05) is 20.2 Å². The third kappa shape index (κ3) is 4.39. The highest BCUT2D eigenvalue weighted by Gasteiger charge is 2.27. The van der Waals surface area contributed by atoms with E-state index in [1.165, 1.54) is 11.8 Å². The van der Waals surface area contributed by atoms with E-state index >= 15 is 0 Å². The predicted molar refractivity (Wildman–Crippen MR) is 113 cm³/mol. The number of hydrogen-bond acceptors (Lipinski definition) is 4. The molecule has 0 bridgehead atoms. The molecule has 1 atom stereocenters. The first-order valence-corrected chi connectivity index (χ1v) is 10.2. The molecular weight excluding hydrogens is 370 g/mol. The summed E-state index contributed by atoms with van der Waals surface area (Å²) < 4.78 is 7.24. The summed E-state index contributed by atoms with van der Waals surface area (Å²) in [6.07, 6.45) is 3.67. The van der Waals surface area contributed by atoms with E-state index < -0.39 is 0 Å². The normalized spacial score (nSPS) is 11.8. The molecule has 3 rings (SSSR count). The van der Waals surface area contributed by atoms with Gasteiger partial charge in [0.25, 0.3) is 0 Å². The summed E-state index contributed by atoms with van der Waals surface area (Å²) in [7, 11) is 1.65. The van der Waals surface area contributed by atoms with Gasteiger partial charge in [-0.15, -0.1) is 0 Å². The Kier molecular flexibility index (Phi) is 6.76. The van der Waals surface area contributed by atoms with Gasteiger partial charge >= 0.3 is 0 Å². The van der Waals surface area contributed by atoms with Crippen LogP contribution in [0.4, 0.5) is 0 Å². The van der Waals surface area contributed by atoms with Crippen LogP contribution < -0.4 is 4.74 Å². The van der Waals surface area contributed by atoms with Crippen LogP contribution in [0.15, 0.2) is 72.1 Å². The summed E-state index contributed by atoms with van der Waals surface area (Å²) in [5.41, 5.74) is 1.96. The lowest BCUT2D eigenvalue weighted by Gasteiger charge is -2.25. The lowest BCUT2D eigenvalue weighted by molar-refractivity contribution is -0.130. The van der Waals surface area contributed by atoms with Gasteiger partial charge in [0.1, 0.15) is 11.0 Å². The number of methoxy groups -OCH3 is 1. The smallest absolute Gasteiger partial charge is 0.240 e. The number of likely N-dealkylation sites (N-methyl/N-ethyl adjacent to an activating group) is 1. The average molecular weight is 396 g/mol. The molecule has 0 aliphatic heterocycles. The van der Waals surface area contributed by atoms with Crippen molar-refractivity contribution < 1.29 is 9.53 Å². The van der Waals surface area contributed by atoms with Gasteiger partial charge in [0.2, 0.25) is 5.91 Å². The Balaban J connectivity index is 1.93. The molecule has 6 heteroatoms. The number of ether oxygens (including phenoxy) is 1. The standard InChI is InChI=1S/C22H25N3O2S/c1-4-24(5-2)21(26)20(17-9-7-6-8-10-17)28-22-23-15-16-25(22)18-11-13-19(27-3)14-12-18/h6-16,20H,4-5H2,1-3H3/t20-/m0/s1. The van der Waals surface area contributed by atoms with Crippen LogP contribution >= 0.6 is 11.8 Å². The molecule has 1 amide bonds. The van der Waals surface area contributed by atoms with E-state index in [1.807, 2.05) is 84.1 Å². The topological polar surface area (TPSA) is 47.4 Å². The highest BCUT2D eigenvalue weighted by molar-refractivity contribution is 8.00. The molecule has 5 nitrogen and oxygen atoms in total. The zero-order valence-corrected chi connectivity index (χ0v) is 17.2. The van der Waals surface area contributed by atoms with Crippen LogP contribution in [0.1, 0.15) is 24.7 Å². The van der Waals surface area contributed by atoms with E-state index in [9.17, 15) is 4.79 Å². The molecular formula is C22H25N3O2S. The molecule has 0 unspecified atom stereocenters. The quantitative estimate of drug-likeness (QED) is 0.524. The molecule has 146 valence electrons. The molecule has 1 heterocycles. The van der Waals surface area contributed by atoms with E-state index in [0.717, 1.165) is 22.2 Å². The minimum absolute atomic E-state index is 0.102. The monoisotopic (exact) mass is 395 g/mol. The van der Waals surface area contributed by atoms with E-state index in [0.29, 0.717) is 13.1 Å². The van der Waals surface area contributed by atoms with E-state index in [2.05, 4.69) is 4.98 Å². The summed E-state index contributed by atoms with van der Waals surface area (Å²) >= 11 is 1.48. The van der Waals surface area contributed by atoms with Crippen LogP contribution in [0.2, 0.25) is 0 Å². The number of carbonyl (C=O) groups is 1. The SMILES string of the molecule is CCN(CC)C(=O)[C@@H](Sc1nccn1-c1ccc(OC)cc1)c1ccccc1. The number of amides is 1. The van der Waals surface area contributed by atoms with Gasteiger partial charge in [-0.1, -0.05) is 42.1 Å². The highest BCUT2D eigenvalue weighted by Crippen LogP contribution is 2.37. The number of benzene rings is 2. The maximum atomic E-state index is 13.2. The number of aromatic nitrogens is 2. The molecule has 0 saturated heterocycles. The van der Waals surface area contributed by atoms with Crippen molar-refractivity contribution in [2.45, 2.75) is 24.3 Å². The largest absolute Gasteiger partial charge is 0.497 e. The lowest BCUT2D eigenvalue weighted by atomic mass is 10.1. The molecule has 0 aliphatic carbocycles. The van der Waals surface area contributed by atoms with Gasteiger partial charge in [-0.2, -0.15) is 0 Å². The summed E-state index contributed by atoms with van der Waals surface area (Å²) in [4.78, 5) is 19.6. The Bertz CT molecular complexity index is 890. The second kappa shape index (κ2) is 9.46. The van der Waals surface area contributed by atoms with Crippen molar-refractivity contribution in [3.05, 3.63) is 72.6 Å². The third-order valence-electron chi connectivity index (χ3n) is 4.58. The van der Waals surface area contributed by atoms with Crippen LogP contribution in [0.5, 0.6) is 5.75 Å². The van der Waals surface area contributed by atoms with Crippen molar-refractivity contribution in [2.24, 2.45) is 0 Å². The second-order valence-corrected chi connectivity index (χ2v) is 7.27. The molecule has 0 aliphatic rings. The first kappa shape index (κ1) is 20.0. The Morgan fingerprint density at radius 3 is 2.39 bits per heavy atom. The van der Waals surface area contributed by atoms with E-state index in [4.69, 9.17) is 4.74 Å². The fourth-order valence-corrected chi connectivity index (χ4v) is 4.17. The van der Waals surface area contributed by atoms with Crippen LogP contribution in [0.25, 0.3) is 5.69 Å². The Hall–Kier alpha value is -2.73. The van der Waals surface area contributed by atoms with Crippen molar-refractivity contribution in [1.29, 1.82) is 0 Å². The summed E-state index contributed by atoms with van der Waals surface area (Å²) in [5, 5.41) is 0.431. The average Bonchev–Trinajstić information content (AvgIpc) is 3.21. The lowest BCUT2D eigenvalue weighted by Crippen LogP contribution is -2.34. The number of imidazole rings is 1. The maximum absolute atomic E-state index is 13.2. The number of carbonyl (C=O) groups excluding carboxylic acids is 1. The third-order valence-corrected chi connectivity index (χ3v) is 5.80. The van der Waals surface area contributed by atoms with Gasteiger partial charge < -0.3 is 9.64 Å². The molecule has 0 spiro atoms. The first-order valence-electron chi connectivity index (χ1n) is 9.36. The molecule has 3 aromatic rings. The highest BCUT2D eigenvalue weighted by atomic mass is 32.2. The number of nitrogens with zero attached hydrogens (tertiary/aromatic N) is 3. The Labute approximate surface area is 170 Å². The molecule has 0 N–H and O–H groups in total. The Morgan fingerprint density at radius 1 is 1.11 bits per heavy atom. The van der Waals surface area contributed by atoms with Gasteiger partial charge in [-0.25, -0.2) is 4.98 Å². The number of hydrogen-bond donors (Lipinski definition) is 0. The van der Waals surface area contributed by atoms with Crippen LogP contribution in [0.3, 0.4) is 0 Å².